The number of H-pyrrole nitrogens is 1. The van der Waals surface area contributed by atoms with Crippen molar-refractivity contribution in [1.82, 2.24) is 19.5 Å². The van der Waals surface area contributed by atoms with Crippen LogP contribution < -0.4 is 11.3 Å². The number of hydrogen-bond acceptors (Lipinski definition) is 7. The second-order valence-electron chi connectivity index (χ2n) is 4.46. The Morgan fingerprint density at radius 1 is 1.60 bits per heavy atom. The number of aliphatic hydroxyl groups excluding tert-OH is 2. The van der Waals surface area contributed by atoms with E-state index in [1.165, 1.54) is 10.9 Å². The minimum Gasteiger partial charge on any atom is -0.394 e. The number of nitrogens with one attached hydrogen (secondary N) is 1. The highest BCUT2D eigenvalue weighted by molar-refractivity contribution is 5.70. The monoisotopic (exact) mass is 285 g/mol. The van der Waals surface area contributed by atoms with Gasteiger partial charge in [0.05, 0.1) is 12.9 Å². The molecule has 108 valence electrons. The number of nitrogens with two attached hydrogens (primary N) is 1. The van der Waals surface area contributed by atoms with Gasteiger partial charge >= 0.3 is 0 Å². The van der Waals surface area contributed by atoms with Crippen LogP contribution in [0.15, 0.2) is 11.1 Å². The van der Waals surface area contributed by atoms with Crippen molar-refractivity contribution in [1.29, 1.82) is 0 Å². The summed E-state index contributed by atoms with van der Waals surface area (Å²) in [5, 5.41) is 18.6. The molecule has 20 heavy (non-hydrogen) atoms. The summed E-state index contributed by atoms with van der Waals surface area (Å²) in [6.45, 7) is -0.527. The fourth-order valence-electron chi connectivity index (χ4n) is 2.21. The molecule has 0 saturated carbocycles. The molecule has 3 heterocycles. The van der Waals surface area contributed by atoms with E-state index in [1.807, 2.05) is 0 Å². The molecule has 4 atom stereocenters. The average molecular weight is 285 g/mol. The van der Waals surface area contributed by atoms with E-state index in [4.69, 9.17) is 15.6 Å². The van der Waals surface area contributed by atoms with Crippen LogP contribution in [0.1, 0.15) is 6.23 Å². The number of hydrogen-bond donors (Lipinski definition) is 4. The van der Waals surface area contributed by atoms with Crippen LogP contribution in [0.4, 0.5) is 10.3 Å². The molecule has 1 aliphatic heterocycles. The van der Waals surface area contributed by atoms with E-state index in [-0.39, 0.29) is 17.1 Å². The number of aliphatic hydroxyl groups is 2. The van der Waals surface area contributed by atoms with Crippen LogP contribution in [0.3, 0.4) is 0 Å². The molecular formula is C10H12FN5O4. The number of aromatic nitrogens is 4. The van der Waals surface area contributed by atoms with Crippen molar-refractivity contribution in [2.45, 2.75) is 24.6 Å². The van der Waals surface area contributed by atoms with Gasteiger partial charge in [-0.15, -0.1) is 0 Å². The highest BCUT2D eigenvalue weighted by Gasteiger charge is 2.45. The smallest absolute Gasteiger partial charge is 0.280 e. The van der Waals surface area contributed by atoms with Crippen LogP contribution in [-0.4, -0.2) is 54.7 Å². The zero-order chi connectivity index (χ0) is 14.4. The second kappa shape index (κ2) is 4.51. The molecule has 0 aliphatic carbocycles. The first kappa shape index (κ1) is 13.0. The summed E-state index contributed by atoms with van der Waals surface area (Å²) < 4.78 is 20.4. The van der Waals surface area contributed by atoms with Crippen molar-refractivity contribution in [3.63, 3.8) is 0 Å². The normalized spacial score (nSPS) is 30.1. The number of anilines is 1. The fourth-order valence-corrected chi connectivity index (χ4v) is 2.21. The zero-order valence-corrected chi connectivity index (χ0v) is 10.1. The number of rotatable bonds is 2. The van der Waals surface area contributed by atoms with Crippen LogP contribution >= 0.6 is 0 Å². The molecular weight excluding hydrogens is 273 g/mol. The first-order valence-corrected chi connectivity index (χ1v) is 5.83. The Labute approximate surface area is 110 Å². The number of nitrogens with zero attached hydrogens (tertiary/aromatic N) is 3. The molecule has 5 N–H and O–H groups in total. The van der Waals surface area contributed by atoms with E-state index in [0.717, 1.165) is 0 Å². The van der Waals surface area contributed by atoms with Crippen molar-refractivity contribution in [2.24, 2.45) is 0 Å². The lowest BCUT2D eigenvalue weighted by Gasteiger charge is -2.14. The SMILES string of the molecule is Nc1nc2c(ncn2C2O[C@H](CO)[C@H](O)[C@@H]2F)c(=O)[nH]1. The van der Waals surface area contributed by atoms with Crippen molar-refractivity contribution in [2.75, 3.05) is 12.3 Å². The van der Waals surface area contributed by atoms with Gasteiger partial charge in [-0.1, -0.05) is 0 Å². The molecule has 1 fully saturated rings. The van der Waals surface area contributed by atoms with E-state index in [9.17, 15) is 14.3 Å². The van der Waals surface area contributed by atoms with Gasteiger partial charge in [0.15, 0.2) is 23.6 Å². The Morgan fingerprint density at radius 3 is 3.00 bits per heavy atom. The predicted octanol–water partition coefficient (Wildman–Crippen LogP) is -1.71. The standard InChI is InChI=1S/C10H12FN5O4/c11-4-6(18)3(1-17)20-9(4)16-2-13-5-7(16)14-10(12)15-8(5)19/h2-4,6,9,17-18H,1H2,(H3,12,14,15,19)/t3-,4+,6+,9?/m1/s1. The van der Waals surface area contributed by atoms with Crippen molar-refractivity contribution in [3.8, 4) is 0 Å². The quantitative estimate of drug-likeness (QED) is 0.515. The number of ether oxygens (including phenoxy) is 1. The summed E-state index contributed by atoms with van der Waals surface area (Å²) in [4.78, 5) is 21.6. The summed E-state index contributed by atoms with van der Waals surface area (Å²) in [6.07, 6.45) is -4.36. The van der Waals surface area contributed by atoms with Crippen LogP contribution in [0.2, 0.25) is 0 Å². The maximum Gasteiger partial charge on any atom is 0.280 e. The van der Waals surface area contributed by atoms with Crippen molar-refractivity contribution < 1.29 is 19.3 Å². The largest absolute Gasteiger partial charge is 0.394 e. The van der Waals surface area contributed by atoms with Crippen LogP contribution in [0.5, 0.6) is 0 Å². The van der Waals surface area contributed by atoms with Gasteiger partial charge in [0.1, 0.15) is 12.2 Å². The predicted molar refractivity (Wildman–Crippen MR) is 64.5 cm³/mol. The molecule has 2 aromatic rings. The summed E-state index contributed by atoms with van der Waals surface area (Å²) in [7, 11) is 0. The third kappa shape index (κ3) is 1.77. The average Bonchev–Trinajstić information content (AvgIpc) is 2.93. The van der Waals surface area contributed by atoms with Gasteiger partial charge in [0.25, 0.3) is 5.56 Å². The van der Waals surface area contributed by atoms with Gasteiger partial charge < -0.3 is 20.7 Å². The molecule has 2 aromatic heterocycles. The molecule has 0 bridgehead atoms. The molecule has 0 amide bonds. The van der Waals surface area contributed by atoms with Gasteiger partial charge in [-0.3, -0.25) is 14.3 Å². The first-order chi connectivity index (χ1) is 9.52. The summed E-state index contributed by atoms with van der Waals surface area (Å²) in [5.41, 5.74) is 4.91. The Morgan fingerprint density at radius 2 is 2.35 bits per heavy atom. The van der Waals surface area contributed by atoms with Gasteiger partial charge in [0.2, 0.25) is 5.95 Å². The van der Waals surface area contributed by atoms with Crippen molar-refractivity contribution in [3.05, 3.63) is 16.7 Å². The van der Waals surface area contributed by atoms with Crippen LogP contribution in [0.25, 0.3) is 11.2 Å². The molecule has 1 unspecified atom stereocenters. The fraction of sp³-hybridized carbons (Fsp3) is 0.500. The molecule has 1 saturated heterocycles. The van der Waals surface area contributed by atoms with Crippen LogP contribution in [0, 0.1) is 0 Å². The van der Waals surface area contributed by atoms with Gasteiger partial charge in [-0.25, -0.2) is 9.37 Å². The molecule has 10 heteroatoms. The van der Waals surface area contributed by atoms with E-state index >= 15 is 0 Å². The van der Waals surface area contributed by atoms with E-state index < -0.39 is 36.8 Å². The third-order valence-corrected chi connectivity index (χ3v) is 3.20. The maximum atomic E-state index is 14.0. The minimum atomic E-state index is -1.79. The number of aromatic amines is 1. The molecule has 1 aliphatic rings. The number of nitrogen functional groups attached to an aromatic ring is 1. The second-order valence-corrected chi connectivity index (χ2v) is 4.46. The number of imidazole rings is 1. The van der Waals surface area contributed by atoms with Crippen LogP contribution in [-0.2, 0) is 4.74 Å². The lowest BCUT2D eigenvalue weighted by Crippen LogP contribution is -2.30. The maximum absolute atomic E-state index is 14.0. The Bertz CT molecular complexity index is 701. The Hall–Kier alpha value is -2.04. The summed E-state index contributed by atoms with van der Waals surface area (Å²) in [5.74, 6) is -0.142. The number of alkyl halides is 1. The lowest BCUT2D eigenvalue weighted by atomic mass is 10.1. The summed E-state index contributed by atoms with van der Waals surface area (Å²) >= 11 is 0. The van der Waals surface area contributed by atoms with E-state index in [1.54, 1.807) is 0 Å². The lowest BCUT2D eigenvalue weighted by molar-refractivity contribution is -0.0459. The van der Waals surface area contributed by atoms with E-state index in [2.05, 4.69) is 15.0 Å². The molecule has 0 spiro atoms. The Balaban J connectivity index is 2.09. The van der Waals surface area contributed by atoms with Gasteiger partial charge in [-0.05, 0) is 0 Å². The van der Waals surface area contributed by atoms with Gasteiger partial charge in [0, 0.05) is 0 Å². The highest BCUT2D eigenvalue weighted by atomic mass is 19.1. The molecule has 9 nitrogen and oxygen atoms in total. The molecule has 0 radical (unpaired) electrons. The first-order valence-electron chi connectivity index (χ1n) is 5.83. The third-order valence-electron chi connectivity index (χ3n) is 3.20. The van der Waals surface area contributed by atoms with Gasteiger partial charge in [-0.2, -0.15) is 4.98 Å². The molecule has 0 aromatic carbocycles. The number of halogens is 1. The Kier molecular flexibility index (Phi) is 2.92. The highest BCUT2D eigenvalue weighted by Crippen LogP contribution is 2.32. The summed E-state index contributed by atoms with van der Waals surface area (Å²) in [6, 6.07) is 0. The number of fused-ring (bicyclic) bond motifs is 1. The zero-order valence-electron chi connectivity index (χ0n) is 10.1. The van der Waals surface area contributed by atoms with Crippen molar-refractivity contribution >= 4 is 17.1 Å². The van der Waals surface area contributed by atoms with E-state index in [0.29, 0.717) is 0 Å². The molecule has 3 rings (SSSR count). The minimum absolute atomic E-state index is 0.0167. The topological polar surface area (TPSA) is 139 Å².